The van der Waals surface area contributed by atoms with Gasteiger partial charge in [-0.15, -0.1) is 26.3 Å². The van der Waals surface area contributed by atoms with Crippen molar-refractivity contribution in [2.24, 2.45) is 0 Å². The van der Waals surface area contributed by atoms with Gasteiger partial charge in [-0.2, -0.15) is 0 Å². The summed E-state index contributed by atoms with van der Waals surface area (Å²) in [5, 5.41) is 9.35. The third kappa shape index (κ3) is 4.97. The number of alkyl halides is 6. The molecule has 9 heteroatoms. The van der Waals surface area contributed by atoms with Crippen LogP contribution in [0.15, 0.2) is 42.5 Å². The molecule has 0 radical (unpaired) electrons. The van der Waals surface area contributed by atoms with E-state index in [0.29, 0.717) is 0 Å². The zero-order valence-electron chi connectivity index (χ0n) is 11.1. The maximum atomic E-state index is 12.2. The Morgan fingerprint density at radius 3 is 1.96 bits per heavy atom. The molecule has 1 N–H and O–H groups in total. The van der Waals surface area contributed by atoms with Crippen LogP contribution in [0.5, 0.6) is 17.2 Å². The fourth-order valence-electron chi connectivity index (χ4n) is 1.77. The highest BCUT2D eigenvalue weighted by atomic mass is 19.4. The minimum atomic E-state index is -5.02. The van der Waals surface area contributed by atoms with Crippen LogP contribution in [0.25, 0.3) is 11.1 Å². The number of hydrogen-bond donors (Lipinski definition) is 1. The lowest BCUT2D eigenvalue weighted by atomic mass is 10.0. The second kappa shape index (κ2) is 5.90. The molecule has 124 valence electrons. The summed E-state index contributed by atoms with van der Waals surface area (Å²) >= 11 is 0. The third-order valence-electron chi connectivity index (χ3n) is 2.59. The van der Waals surface area contributed by atoms with Crippen molar-refractivity contribution >= 4 is 0 Å². The second-order valence-corrected chi connectivity index (χ2v) is 4.31. The van der Waals surface area contributed by atoms with E-state index in [1.807, 2.05) is 0 Å². The summed E-state index contributed by atoms with van der Waals surface area (Å²) in [6, 6.07) is 7.68. The van der Waals surface area contributed by atoms with Gasteiger partial charge in [-0.3, -0.25) is 0 Å². The monoisotopic (exact) mass is 338 g/mol. The molecule has 0 aliphatic heterocycles. The molecular weight excluding hydrogens is 330 g/mol. The van der Waals surface area contributed by atoms with Gasteiger partial charge in [-0.05, 0) is 35.4 Å². The lowest BCUT2D eigenvalue weighted by Gasteiger charge is -2.13. The Morgan fingerprint density at radius 2 is 1.35 bits per heavy atom. The first kappa shape index (κ1) is 16.8. The van der Waals surface area contributed by atoms with Gasteiger partial charge in [0.2, 0.25) is 0 Å². The third-order valence-corrected chi connectivity index (χ3v) is 2.59. The van der Waals surface area contributed by atoms with Gasteiger partial charge >= 0.3 is 12.7 Å². The van der Waals surface area contributed by atoms with E-state index in [0.717, 1.165) is 24.3 Å². The van der Waals surface area contributed by atoms with E-state index >= 15 is 0 Å². The minimum absolute atomic E-state index is 0.106. The Balaban J connectivity index is 2.35. The van der Waals surface area contributed by atoms with Crippen molar-refractivity contribution in [3.05, 3.63) is 42.5 Å². The highest BCUT2D eigenvalue weighted by Gasteiger charge is 2.33. The molecule has 23 heavy (non-hydrogen) atoms. The molecule has 0 fully saturated rings. The summed E-state index contributed by atoms with van der Waals surface area (Å²) in [5.74, 6) is -2.15. The number of phenolic OH excluding ortho intramolecular Hbond substituents is 1. The number of aromatic hydroxyl groups is 1. The van der Waals surface area contributed by atoms with Gasteiger partial charge < -0.3 is 14.6 Å². The molecule has 0 aromatic heterocycles. The zero-order valence-corrected chi connectivity index (χ0v) is 11.1. The van der Waals surface area contributed by atoms with Gasteiger partial charge in [-0.1, -0.05) is 18.2 Å². The van der Waals surface area contributed by atoms with E-state index in [2.05, 4.69) is 9.47 Å². The fraction of sp³-hybridized carbons (Fsp3) is 0.143. The van der Waals surface area contributed by atoms with Crippen LogP contribution >= 0.6 is 0 Å². The van der Waals surface area contributed by atoms with Crippen LogP contribution in [0.4, 0.5) is 26.3 Å². The molecule has 0 atom stereocenters. The van der Waals surface area contributed by atoms with E-state index in [4.69, 9.17) is 0 Å². The highest BCUT2D eigenvalue weighted by molar-refractivity contribution is 5.68. The molecule has 0 heterocycles. The van der Waals surface area contributed by atoms with Crippen LogP contribution in [0.3, 0.4) is 0 Å². The van der Waals surface area contributed by atoms with Crippen molar-refractivity contribution in [1.29, 1.82) is 0 Å². The molecule has 0 unspecified atom stereocenters. The first-order valence-electron chi connectivity index (χ1n) is 5.98. The Hall–Kier alpha value is -2.58. The number of rotatable bonds is 3. The second-order valence-electron chi connectivity index (χ2n) is 4.31. The average Bonchev–Trinajstić information content (AvgIpc) is 2.38. The predicted molar refractivity (Wildman–Crippen MR) is 66.9 cm³/mol. The Kier molecular flexibility index (Phi) is 4.31. The van der Waals surface area contributed by atoms with Crippen LogP contribution in [-0.2, 0) is 0 Å². The van der Waals surface area contributed by atoms with E-state index in [9.17, 15) is 31.4 Å². The van der Waals surface area contributed by atoms with Gasteiger partial charge in [0.1, 0.15) is 5.75 Å². The van der Waals surface area contributed by atoms with Crippen LogP contribution in [-0.4, -0.2) is 17.8 Å². The van der Waals surface area contributed by atoms with E-state index < -0.39 is 30.0 Å². The van der Waals surface area contributed by atoms with Crippen LogP contribution in [0.2, 0.25) is 0 Å². The summed E-state index contributed by atoms with van der Waals surface area (Å²) in [6.07, 6.45) is -9.91. The lowest BCUT2D eigenvalue weighted by Crippen LogP contribution is -2.17. The summed E-state index contributed by atoms with van der Waals surface area (Å²) < 4.78 is 80.6. The van der Waals surface area contributed by atoms with Crippen molar-refractivity contribution in [2.45, 2.75) is 12.7 Å². The van der Waals surface area contributed by atoms with Crippen molar-refractivity contribution in [2.75, 3.05) is 0 Å². The zero-order chi connectivity index (χ0) is 17.3. The molecule has 0 aliphatic rings. The van der Waals surface area contributed by atoms with Gasteiger partial charge in [0.15, 0.2) is 11.5 Å². The molecule has 0 saturated carbocycles. The molecule has 0 saturated heterocycles. The number of benzene rings is 2. The quantitative estimate of drug-likeness (QED) is 0.813. The van der Waals surface area contributed by atoms with E-state index in [1.54, 1.807) is 0 Å². The summed E-state index contributed by atoms with van der Waals surface area (Å²) in [4.78, 5) is 0. The van der Waals surface area contributed by atoms with Crippen LogP contribution in [0, 0.1) is 0 Å². The Bertz CT molecular complexity index is 694. The topological polar surface area (TPSA) is 38.7 Å². The first-order chi connectivity index (χ1) is 10.5. The maximum absolute atomic E-state index is 12.2. The van der Waals surface area contributed by atoms with Crippen molar-refractivity contribution in [3.8, 4) is 28.4 Å². The largest absolute Gasteiger partial charge is 0.573 e. The van der Waals surface area contributed by atoms with Gasteiger partial charge in [0.05, 0.1) is 0 Å². The summed E-state index contributed by atoms with van der Waals surface area (Å²) in [5.41, 5.74) is 0.258. The molecule has 0 amide bonds. The van der Waals surface area contributed by atoms with Gasteiger partial charge in [-0.25, -0.2) is 0 Å². The Morgan fingerprint density at radius 1 is 0.739 bits per heavy atom. The van der Waals surface area contributed by atoms with Gasteiger partial charge in [0, 0.05) is 0 Å². The number of ether oxygens (including phenoxy) is 2. The van der Waals surface area contributed by atoms with Crippen LogP contribution in [0.1, 0.15) is 0 Å². The molecule has 0 bridgehead atoms. The number of halogens is 6. The minimum Gasteiger partial charge on any atom is -0.504 e. The lowest BCUT2D eigenvalue weighted by molar-refractivity contribution is -0.275. The summed E-state index contributed by atoms with van der Waals surface area (Å²) in [7, 11) is 0. The van der Waals surface area contributed by atoms with Crippen molar-refractivity contribution in [3.63, 3.8) is 0 Å². The number of phenols is 1. The van der Waals surface area contributed by atoms with Gasteiger partial charge in [0.25, 0.3) is 0 Å². The molecule has 3 nitrogen and oxygen atoms in total. The standard InChI is InChI=1S/C14H8F6O3/c15-13(16,17)22-10-3-1-2-8(6-10)9-4-5-11(21)12(7-9)23-14(18,19)20/h1-7,21H. The summed E-state index contributed by atoms with van der Waals surface area (Å²) in [6.45, 7) is 0. The fourth-order valence-corrected chi connectivity index (χ4v) is 1.77. The normalized spacial score (nSPS) is 12.1. The average molecular weight is 338 g/mol. The van der Waals surface area contributed by atoms with E-state index in [-0.39, 0.29) is 11.1 Å². The van der Waals surface area contributed by atoms with E-state index in [1.165, 1.54) is 18.2 Å². The molecule has 2 aromatic carbocycles. The first-order valence-corrected chi connectivity index (χ1v) is 5.98. The van der Waals surface area contributed by atoms with Crippen molar-refractivity contribution in [1.82, 2.24) is 0 Å². The Labute approximate surface area is 125 Å². The SMILES string of the molecule is Oc1ccc(-c2cccc(OC(F)(F)F)c2)cc1OC(F)(F)F. The molecule has 0 spiro atoms. The molecular formula is C14H8F6O3. The molecule has 2 rings (SSSR count). The smallest absolute Gasteiger partial charge is 0.504 e. The predicted octanol–water partition coefficient (Wildman–Crippen LogP) is 4.86. The van der Waals surface area contributed by atoms with Crippen LogP contribution < -0.4 is 9.47 Å². The molecule has 0 aliphatic carbocycles. The molecule has 2 aromatic rings. The maximum Gasteiger partial charge on any atom is 0.573 e. The highest BCUT2D eigenvalue weighted by Crippen LogP contribution is 2.36. The number of hydrogen-bond acceptors (Lipinski definition) is 3. The van der Waals surface area contributed by atoms with Crippen molar-refractivity contribution < 1.29 is 40.9 Å².